The van der Waals surface area contributed by atoms with Gasteiger partial charge in [-0.25, -0.2) is 4.98 Å². The van der Waals surface area contributed by atoms with E-state index in [1.54, 1.807) is 12.4 Å². The van der Waals surface area contributed by atoms with Crippen molar-refractivity contribution in [2.24, 2.45) is 0 Å². The highest BCUT2D eigenvalue weighted by atomic mass is 35.5. The molecule has 0 atom stereocenters. The van der Waals surface area contributed by atoms with Crippen LogP contribution in [0.1, 0.15) is 11.3 Å². The number of pyridine rings is 1. The maximum absolute atomic E-state index is 6.13. The van der Waals surface area contributed by atoms with E-state index in [-0.39, 0.29) is 0 Å². The highest BCUT2D eigenvalue weighted by Gasteiger charge is 2.19. The van der Waals surface area contributed by atoms with Crippen LogP contribution in [-0.2, 0) is 6.54 Å². The monoisotopic (exact) mass is 394 g/mol. The Hall–Kier alpha value is -2.86. The Morgan fingerprint density at radius 2 is 1.71 bits per heavy atom. The highest BCUT2D eigenvalue weighted by Crippen LogP contribution is 2.23. The second-order valence-corrected chi connectivity index (χ2v) is 7.29. The van der Waals surface area contributed by atoms with Gasteiger partial charge in [0.1, 0.15) is 5.82 Å². The van der Waals surface area contributed by atoms with Crippen LogP contribution in [0, 0.1) is 6.92 Å². The molecule has 1 saturated heterocycles. The Morgan fingerprint density at radius 3 is 2.46 bits per heavy atom. The number of piperazine rings is 1. The number of anilines is 3. The van der Waals surface area contributed by atoms with E-state index in [2.05, 4.69) is 31.2 Å². The summed E-state index contributed by atoms with van der Waals surface area (Å²) in [5, 5.41) is 4.09. The molecule has 1 aliphatic heterocycles. The Morgan fingerprint density at radius 1 is 0.964 bits per heavy atom. The molecule has 3 heterocycles. The van der Waals surface area contributed by atoms with Gasteiger partial charge in [0, 0.05) is 67.6 Å². The lowest BCUT2D eigenvalue weighted by atomic mass is 10.2. The van der Waals surface area contributed by atoms with Gasteiger partial charge in [-0.05, 0) is 42.8 Å². The van der Waals surface area contributed by atoms with Crippen molar-refractivity contribution in [1.29, 1.82) is 0 Å². The normalized spacial score (nSPS) is 14.2. The van der Waals surface area contributed by atoms with E-state index < -0.39 is 0 Å². The van der Waals surface area contributed by atoms with Crippen molar-refractivity contribution in [2.75, 3.05) is 41.3 Å². The summed E-state index contributed by atoms with van der Waals surface area (Å²) in [6, 6.07) is 14.1. The minimum absolute atomic E-state index is 0.657. The van der Waals surface area contributed by atoms with Crippen molar-refractivity contribution in [3.8, 4) is 0 Å². The Balaban J connectivity index is 1.41. The predicted octanol–water partition coefficient (Wildman–Crippen LogP) is 3.77. The van der Waals surface area contributed by atoms with Crippen LogP contribution in [0.5, 0.6) is 0 Å². The first kappa shape index (κ1) is 18.5. The van der Waals surface area contributed by atoms with E-state index in [4.69, 9.17) is 16.6 Å². The third-order valence-electron chi connectivity index (χ3n) is 4.82. The van der Waals surface area contributed by atoms with E-state index in [1.165, 1.54) is 5.69 Å². The van der Waals surface area contributed by atoms with E-state index in [9.17, 15) is 0 Å². The number of nitrogens with one attached hydrogen (secondary N) is 1. The first-order valence-corrected chi connectivity index (χ1v) is 9.79. The number of halogens is 1. The van der Waals surface area contributed by atoms with Gasteiger partial charge in [0.15, 0.2) is 0 Å². The molecule has 4 rings (SSSR count). The van der Waals surface area contributed by atoms with Crippen LogP contribution in [0.3, 0.4) is 0 Å². The molecule has 0 unspecified atom stereocenters. The fourth-order valence-electron chi connectivity index (χ4n) is 3.34. The SMILES string of the molecule is Cc1cc(N2CCN(c3cccc(Cl)c3)CC2)nc(NCc2ccncc2)n1. The van der Waals surface area contributed by atoms with Crippen molar-refractivity contribution in [3.05, 3.63) is 71.1 Å². The summed E-state index contributed by atoms with van der Waals surface area (Å²) in [5.41, 5.74) is 3.28. The average Bonchev–Trinajstić information content (AvgIpc) is 2.73. The molecule has 3 aromatic rings. The number of hydrogen-bond donors (Lipinski definition) is 1. The van der Waals surface area contributed by atoms with Gasteiger partial charge in [-0.1, -0.05) is 17.7 Å². The predicted molar refractivity (Wildman–Crippen MR) is 114 cm³/mol. The largest absolute Gasteiger partial charge is 0.368 e. The summed E-state index contributed by atoms with van der Waals surface area (Å²) in [7, 11) is 0. The van der Waals surface area contributed by atoms with Gasteiger partial charge in [0.25, 0.3) is 0 Å². The van der Waals surface area contributed by atoms with E-state index in [0.29, 0.717) is 12.5 Å². The van der Waals surface area contributed by atoms with Crippen molar-refractivity contribution >= 4 is 29.1 Å². The summed E-state index contributed by atoms with van der Waals surface area (Å²) >= 11 is 6.13. The van der Waals surface area contributed by atoms with Gasteiger partial charge >= 0.3 is 0 Å². The van der Waals surface area contributed by atoms with Crippen LogP contribution in [0.2, 0.25) is 5.02 Å². The quantitative estimate of drug-likeness (QED) is 0.710. The fraction of sp³-hybridized carbons (Fsp3) is 0.286. The number of aromatic nitrogens is 3. The molecule has 144 valence electrons. The summed E-state index contributed by atoms with van der Waals surface area (Å²) < 4.78 is 0. The molecule has 7 heteroatoms. The summed E-state index contributed by atoms with van der Waals surface area (Å²) in [4.78, 5) is 18.0. The highest BCUT2D eigenvalue weighted by molar-refractivity contribution is 6.30. The van der Waals surface area contributed by atoms with E-state index in [0.717, 1.165) is 48.3 Å². The minimum atomic E-state index is 0.657. The standard InChI is InChI=1S/C21H23ClN6/c1-16-13-20(26-21(25-16)24-15-17-5-7-23-8-6-17)28-11-9-27(10-12-28)19-4-2-3-18(22)14-19/h2-8,13-14H,9-12,15H2,1H3,(H,24,25,26). The van der Waals surface area contributed by atoms with Crippen LogP contribution in [0.15, 0.2) is 54.9 Å². The Kier molecular flexibility index (Phi) is 5.58. The Labute approximate surface area is 170 Å². The zero-order chi connectivity index (χ0) is 19.3. The molecule has 0 bridgehead atoms. The first-order chi connectivity index (χ1) is 13.7. The fourth-order valence-corrected chi connectivity index (χ4v) is 3.53. The molecular weight excluding hydrogens is 372 g/mol. The van der Waals surface area contributed by atoms with Gasteiger partial charge in [-0.3, -0.25) is 4.98 Å². The van der Waals surface area contributed by atoms with E-state index in [1.807, 2.05) is 43.3 Å². The molecular formula is C21H23ClN6. The van der Waals surface area contributed by atoms with Gasteiger partial charge in [-0.15, -0.1) is 0 Å². The number of nitrogens with zero attached hydrogens (tertiary/aromatic N) is 5. The van der Waals surface area contributed by atoms with Gasteiger partial charge in [0.2, 0.25) is 5.95 Å². The van der Waals surface area contributed by atoms with Crippen LogP contribution in [0.4, 0.5) is 17.5 Å². The second kappa shape index (κ2) is 8.44. The first-order valence-electron chi connectivity index (χ1n) is 9.41. The summed E-state index contributed by atoms with van der Waals surface area (Å²) in [5.74, 6) is 1.62. The van der Waals surface area contributed by atoms with Crippen molar-refractivity contribution in [2.45, 2.75) is 13.5 Å². The topological polar surface area (TPSA) is 57.2 Å². The third kappa shape index (κ3) is 4.51. The van der Waals surface area contributed by atoms with Gasteiger partial charge in [-0.2, -0.15) is 4.98 Å². The number of hydrogen-bond acceptors (Lipinski definition) is 6. The summed E-state index contributed by atoms with van der Waals surface area (Å²) in [6.07, 6.45) is 3.58. The molecule has 1 aromatic carbocycles. The zero-order valence-electron chi connectivity index (χ0n) is 15.8. The molecule has 1 aliphatic rings. The number of benzene rings is 1. The molecule has 6 nitrogen and oxygen atoms in total. The average molecular weight is 395 g/mol. The van der Waals surface area contributed by atoms with Crippen LogP contribution in [-0.4, -0.2) is 41.1 Å². The van der Waals surface area contributed by atoms with Crippen LogP contribution < -0.4 is 15.1 Å². The minimum Gasteiger partial charge on any atom is -0.368 e. The number of aryl methyl sites for hydroxylation is 1. The molecule has 0 amide bonds. The third-order valence-corrected chi connectivity index (χ3v) is 5.05. The summed E-state index contributed by atoms with van der Waals surface area (Å²) in [6.45, 7) is 6.37. The lowest BCUT2D eigenvalue weighted by Crippen LogP contribution is -2.46. The second-order valence-electron chi connectivity index (χ2n) is 6.85. The number of rotatable bonds is 5. The lowest BCUT2D eigenvalue weighted by molar-refractivity contribution is 0.646. The molecule has 0 saturated carbocycles. The molecule has 28 heavy (non-hydrogen) atoms. The Bertz CT molecular complexity index is 925. The van der Waals surface area contributed by atoms with Crippen LogP contribution in [0.25, 0.3) is 0 Å². The lowest BCUT2D eigenvalue weighted by Gasteiger charge is -2.37. The molecule has 1 fully saturated rings. The maximum Gasteiger partial charge on any atom is 0.225 e. The molecule has 0 spiro atoms. The smallest absolute Gasteiger partial charge is 0.225 e. The molecule has 0 radical (unpaired) electrons. The van der Waals surface area contributed by atoms with Crippen molar-refractivity contribution in [1.82, 2.24) is 15.0 Å². The maximum atomic E-state index is 6.13. The van der Waals surface area contributed by atoms with Crippen molar-refractivity contribution in [3.63, 3.8) is 0 Å². The van der Waals surface area contributed by atoms with Crippen LogP contribution >= 0.6 is 11.6 Å². The zero-order valence-corrected chi connectivity index (χ0v) is 16.6. The molecule has 1 N–H and O–H groups in total. The molecule has 2 aromatic heterocycles. The van der Waals surface area contributed by atoms with E-state index >= 15 is 0 Å². The van der Waals surface area contributed by atoms with Gasteiger partial charge < -0.3 is 15.1 Å². The van der Waals surface area contributed by atoms with Crippen molar-refractivity contribution < 1.29 is 0 Å². The van der Waals surface area contributed by atoms with Gasteiger partial charge in [0.05, 0.1) is 0 Å². The molecule has 0 aliphatic carbocycles.